The molecular formula is C12H17FN2O2. The molecule has 0 aliphatic heterocycles. The van der Waals surface area contributed by atoms with E-state index < -0.39 is 10.7 Å². The zero-order valence-corrected chi connectivity index (χ0v) is 10.3. The lowest BCUT2D eigenvalue weighted by Crippen LogP contribution is -2.22. The Hall–Kier alpha value is -1.65. The molecular weight excluding hydrogens is 223 g/mol. The maximum Gasteiger partial charge on any atom is 0.274 e. The van der Waals surface area contributed by atoms with E-state index in [1.165, 1.54) is 12.1 Å². The molecule has 94 valence electrons. The van der Waals surface area contributed by atoms with Gasteiger partial charge in [0.2, 0.25) is 0 Å². The van der Waals surface area contributed by atoms with Gasteiger partial charge in [0, 0.05) is 18.3 Å². The third-order valence-corrected chi connectivity index (χ3v) is 2.82. The minimum Gasteiger partial charge on any atom is -0.384 e. The molecule has 1 rings (SSSR count). The van der Waals surface area contributed by atoms with E-state index in [1.807, 2.05) is 0 Å². The summed E-state index contributed by atoms with van der Waals surface area (Å²) in [5.41, 5.74) is 0.279. The predicted octanol–water partition coefficient (Wildman–Crippen LogP) is 3.58. The van der Waals surface area contributed by atoms with Crippen molar-refractivity contribution in [2.45, 2.75) is 27.2 Å². The summed E-state index contributed by atoms with van der Waals surface area (Å²) in [4.78, 5) is 9.98. The Bertz CT molecular complexity index is 419. The van der Waals surface area contributed by atoms with E-state index in [1.54, 1.807) is 0 Å². The maximum absolute atomic E-state index is 13.1. The van der Waals surface area contributed by atoms with Crippen LogP contribution in [0.5, 0.6) is 0 Å². The Kier molecular flexibility index (Phi) is 4.04. The first kappa shape index (κ1) is 13.4. The smallest absolute Gasteiger partial charge is 0.274 e. The number of nitrogens with zero attached hydrogens (tertiary/aromatic N) is 1. The Morgan fingerprint density at radius 3 is 2.59 bits per heavy atom. The Balaban J connectivity index is 2.81. The van der Waals surface area contributed by atoms with E-state index in [9.17, 15) is 14.5 Å². The number of non-ortho nitro benzene ring substituents is 1. The Morgan fingerprint density at radius 1 is 1.41 bits per heavy atom. The van der Waals surface area contributed by atoms with Gasteiger partial charge in [0.05, 0.1) is 11.0 Å². The van der Waals surface area contributed by atoms with Crippen molar-refractivity contribution in [1.82, 2.24) is 0 Å². The van der Waals surface area contributed by atoms with Crippen LogP contribution < -0.4 is 5.32 Å². The third-order valence-electron chi connectivity index (χ3n) is 2.82. The summed E-state index contributed by atoms with van der Waals surface area (Å²) in [5, 5.41) is 13.6. The molecule has 0 unspecified atom stereocenters. The minimum atomic E-state index is -0.601. The van der Waals surface area contributed by atoms with Gasteiger partial charge in [-0.25, -0.2) is 4.39 Å². The number of rotatable bonds is 5. The molecule has 0 heterocycles. The van der Waals surface area contributed by atoms with Gasteiger partial charge < -0.3 is 5.32 Å². The average Bonchev–Trinajstić information content (AvgIpc) is 2.26. The van der Waals surface area contributed by atoms with E-state index >= 15 is 0 Å². The number of nitro groups is 1. The lowest BCUT2D eigenvalue weighted by Gasteiger charge is -2.23. The normalized spacial score (nSPS) is 11.3. The largest absolute Gasteiger partial charge is 0.384 e. The van der Waals surface area contributed by atoms with Crippen LogP contribution in [0.4, 0.5) is 15.8 Å². The van der Waals surface area contributed by atoms with Crippen LogP contribution in [-0.4, -0.2) is 11.5 Å². The van der Waals surface area contributed by atoms with Crippen LogP contribution in [-0.2, 0) is 0 Å². The highest BCUT2D eigenvalue weighted by Gasteiger charge is 2.16. The number of hydrogen-bond acceptors (Lipinski definition) is 3. The van der Waals surface area contributed by atoms with Crippen molar-refractivity contribution >= 4 is 11.4 Å². The molecule has 5 heteroatoms. The van der Waals surface area contributed by atoms with Crippen LogP contribution in [0.2, 0.25) is 0 Å². The van der Waals surface area contributed by atoms with Crippen LogP contribution in [0.3, 0.4) is 0 Å². The summed E-state index contributed by atoms with van der Waals surface area (Å²) in [6, 6.07) is 3.52. The van der Waals surface area contributed by atoms with E-state index in [2.05, 4.69) is 26.1 Å². The van der Waals surface area contributed by atoms with Gasteiger partial charge >= 0.3 is 0 Å². The van der Waals surface area contributed by atoms with E-state index in [0.29, 0.717) is 12.2 Å². The molecule has 0 aliphatic rings. The fourth-order valence-corrected chi connectivity index (χ4v) is 1.25. The number of anilines is 1. The minimum absolute atomic E-state index is 0.0705. The first-order valence-corrected chi connectivity index (χ1v) is 5.53. The van der Waals surface area contributed by atoms with Gasteiger partial charge in [0.15, 0.2) is 0 Å². The van der Waals surface area contributed by atoms with Crippen LogP contribution in [0, 0.1) is 21.3 Å². The molecule has 0 saturated carbocycles. The number of nitrogens with one attached hydrogen (secondary N) is 1. The molecule has 0 spiro atoms. The van der Waals surface area contributed by atoms with Crippen LogP contribution in [0.15, 0.2) is 18.2 Å². The molecule has 0 saturated heterocycles. The molecule has 17 heavy (non-hydrogen) atoms. The summed E-state index contributed by atoms with van der Waals surface area (Å²) >= 11 is 0. The van der Waals surface area contributed by atoms with Gasteiger partial charge in [-0.2, -0.15) is 0 Å². The van der Waals surface area contributed by atoms with Crippen molar-refractivity contribution in [1.29, 1.82) is 0 Å². The zero-order valence-electron chi connectivity index (χ0n) is 10.3. The first-order valence-electron chi connectivity index (χ1n) is 5.53. The molecule has 0 radical (unpaired) electrons. The highest BCUT2D eigenvalue weighted by atomic mass is 19.1. The molecule has 1 aromatic carbocycles. The number of nitro benzene ring substituents is 1. The van der Waals surface area contributed by atoms with Crippen molar-refractivity contribution < 1.29 is 9.31 Å². The summed E-state index contributed by atoms with van der Waals surface area (Å²) in [6.07, 6.45) is 0.970. The third kappa shape index (κ3) is 4.01. The predicted molar refractivity (Wildman–Crippen MR) is 65.6 cm³/mol. The number of benzene rings is 1. The molecule has 1 N–H and O–H groups in total. The van der Waals surface area contributed by atoms with Gasteiger partial charge in [-0.15, -0.1) is 0 Å². The fourth-order valence-electron chi connectivity index (χ4n) is 1.25. The monoisotopic (exact) mass is 240 g/mol. The molecule has 4 nitrogen and oxygen atoms in total. The van der Waals surface area contributed by atoms with Gasteiger partial charge in [-0.05, 0) is 17.9 Å². The van der Waals surface area contributed by atoms with Crippen LogP contribution >= 0.6 is 0 Å². The van der Waals surface area contributed by atoms with Crippen molar-refractivity contribution in [3.8, 4) is 0 Å². The fraction of sp³-hybridized carbons (Fsp3) is 0.500. The summed E-state index contributed by atoms with van der Waals surface area (Å²) in [7, 11) is 0. The van der Waals surface area contributed by atoms with Gasteiger partial charge in [0.25, 0.3) is 5.69 Å². The second-order valence-electron chi connectivity index (χ2n) is 4.83. The lowest BCUT2D eigenvalue weighted by molar-refractivity contribution is -0.385. The van der Waals surface area contributed by atoms with Crippen molar-refractivity contribution in [3.05, 3.63) is 34.1 Å². The molecule has 0 fully saturated rings. The SMILES string of the molecule is CCC(C)(C)CNc1cc(F)cc([N+](=O)[O-])c1. The van der Waals surface area contributed by atoms with Gasteiger partial charge in [-0.3, -0.25) is 10.1 Å². The molecule has 0 bridgehead atoms. The van der Waals surface area contributed by atoms with E-state index in [0.717, 1.165) is 12.5 Å². The molecule has 0 aliphatic carbocycles. The second-order valence-corrected chi connectivity index (χ2v) is 4.83. The van der Waals surface area contributed by atoms with Crippen molar-refractivity contribution in [2.24, 2.45) is 5.41 Å². The first-order chi connectivity index (χ1) is 7.84. The maximum atomic E-state index is 13.1. The quantitative estimate of drug-likeness (QED) is 0.632. The number of halogens is 1. The van der Waals surface area contributed by atoms with Crippen LogP contribution in [0.1, 0.15) is 27.2 Å². The number of hydrogen-bond donors (Lipinski definition) is 1. The summed E-state index contributed by atoms with van der Waals surface area (Å²) in [6.45, 7) is 6.86. The van der Waals surface area contributed by atoms with Crippen LogP contribution in [0.25, 0.3) is 0 Å². The van der Waals surface area contributed by atoms with Crippen molar-refractivity contribution in [2.75, 3.05) is 11.9 Å². The Morgan fingerprint density at radius 2 is 2.06 bits per heavy atom. The van der Waals surface area contributed by atoms with E-state index in [-0.39, 0.29) is 11.1 Å². The topological polar surface area (TPSA) is 55.2 Å². The molecule has 0 amide bonds. The van der Waals surface area contributed by atoms with Gasteiger partial charge in [0.1, 0.15) is 5.82 Å². The standard InChI is InChI=1S/C12H17FN2O2/c1-4-12(2,3)8-14-10-5-9(13)6-11(7-10)15(16)17/h5-7,14H,4,8H2,1-3H3. The zero-order chi connectivity index (χ0) is 13.1. The second kappa shape index (κ2) is 5.12. The summed E-state index contributed by atoms with van der Waals surface area (Å²) in [5.74, 6) is -0.601. The molecule has 0 atom stereocenters. The highest BCUT2D eigenvalue weighted by molar-refractivity contribution is 5.51. The Labute approximate surface area is 100.0 Å². The van der Waals surface area contributed by atoms with E-state index in [4.69, 9.17) is 0 Å². The summed E-state index contributed by atoms with van der Waals surface area (Å²) < 4.78 is 13.1. The highest BCUT2D eigenvalue weighted by Crippen LogP contribution is 2.23. The lowest BCUT2D eigenvalue weighted by atomic mass is 9.90. The molecule has 1 aromatic rings. The van der Waals surface area contributed by atoms with Gasteiger partial charge in [-0.1, -0.05) is 20.8 Å². The average molecular weight is 240 g/mol. The molecule has 0 aromatic heterocycles. The van der Waals surface area contributed by atoms with Crippen molar-refractivity contribution in [3.63, 3.8) is 0 Å².